The molecule has 0 spiro atoms. The van der Waals surface area contributed by atoms with Crippen molar-refractivity contribution in [3.63, 3.8) is 0 Å². The van der Waals surface area contributed by atoms with Gasteiger partial charge in [0.1, 0.15) is 0 Å². The Bertz CT molecular complexity index is 56.1. The predicted molar refractivity (Wildman–Crippen MR) is 42.8 cm³/mol. The Labute approximate surface area is 63.1 Å². The van der Waals surface area contributed by atoms with Crippen molar-refractivity contribution in [1.82, 2.24) is 0 Å². The second-order valence-electron chi connectivity index (χ2n) is 2.65. The number of hydrogen-bond donors (Lipinski definition) is 0. The minimum absolute atomic E-state index is 0.694. The Hall–Kier alpha value is 0.394. The summed E-state index contributed by atoms with van der Waals surface area (Å²) in [6, 6.07) is 0. The van der Waals surface area contributed by atoms with Gasteiger partial charge in [-0.1, -0.05) is 27.7 Å². The highest BCUT2D eigenvalue weighted by molar-refractivity contribution is 6.44. The minimum atomic E-state index is 0.694. The molecule has 0 aromatic rings. The Kier molecular flexibility index (Phi) is 5.43. The average Bonchev–Trinajstić information content (AvgIpc) is 1.63. The molecule has 0 rings (SSSR count). The van der Waals surface area contributed by atoms with Crippen molar-refractivity contribution < 1.29 is 4.12 Å². The number of rotatable bonds is 4. The lowest BCUT2D eigenvalue weighted by molar-refractivity contribution is 0.607. The summed E-state index contributed by atoms with van der Waals surface area (Å²) in [5.74, 6) is 0. The first kappa shape index (κ1) is 9.39. The lowest BCUT2D eigenvalue weighted by atomic mass is 10.6. The highest BCUT2D eigenvalue weighted by atomic mass is 28.3. The van der Waals surface area contributed by atoms with E-state index in [9.17, 15) is 0 Å². The molecule has 1 nitrogen and oxygen atoms in total. The van der Waals surface area contributed by atoms with Crippen molar-refractivity contribution in [2.24, 2.45) is 0 Å². The zero-order chi connectivity index (χ0) is 7.28. The van der Waals surface area contributed by atoms with E-state index in [1.54, 1.807) is 0 Å². The molecule has 3 heteroatoms. The summed E-state index contributed by atoms with van der Waals surface area (Å²) in [4.78, 5) is 0. The molecule has 0 saturated heterocycles. The van der Waals surface area contributed by atoms with Crippen LogP contribution in [-0.2, 0) is 4.12 Å². The van der Waals surface area contributed by atoms with E-state index in [1.165, 1.54) is 0 Å². The molecule has 0 saturated carbocycles. The Morgan fingerprint density at radius 1 is 0.889 bits per heavy atom. The van der Waals surface area contributed by atoms with Crippen LogP contribution >= 0.6 is 0 Å². The van der Waals surface area contributed by atoms with Gasteiger partial charge in [0.05, 0.1) is 0 Å². The topological polar surface area (TPSA) is 9.23 Å². The van der Waals surface area contributed by atoms with E-state index in [4.69, 9.17) is 4.12 Å². The van der Waals surface area contributed by atoms with Crippen molar-refractivity contribution >= 4 is 19.5 Å². The highest BCUT2D eigenvalue weighted by Crippen LogP contribution is 2.01. The first-order valence-corrected chi connectivity index (χ1v) is 5.27. The van der Waals surface area contributed by atoms with Gasteiger partial charge >= 0.3 is 0 Å². The maximum atomic E-state index is 5.41. The first-order chi connectivity index (χ1) is 4.13. The van der Waals surface area contributed by atoms with Gasteiger partial charge in [-0.2, -0.15) is 0 Å². The van der Waals surface area contributed by atoms with E-state index >= 15 is 0 Å². The summed E-state index contributed by atoms with van der Waals surface area (Å²) in [6.45, 7) is 8.74. The van der Waals surface area contributed by atoms with E-state index in [0.717, 1.165) is 0 Å². The fourth-order valence-electron chi connectivity index (χ4n) is 0.270. The molecule has 0 heterocycles. The largest absolute Gasteiger partial charge is 0.456 e. The van der Waals surface area contributed by atoms with Crippen LogP contribution in [-0.4, -0.2) is 19.5 Å². The molecule has 0 aliphatic heterocycles. The van der Waals surface area contributed by atoms with Crippen molar-refractivity contribution in [2.75, 3.05) is 0 Å². The third-order valence-corrected chi connectivity index (χ3v) is 2.47. The molecule has 0 aromatic carbocycles. The summed E-state index contributed by atoms with van der Waals surface area (Å²) in [6.07, 6.45) is 0. The van der Waals surface area contributed by atoms with Crippen LogP contribution in [0.1, 0.15) is 27.7 Å². The van der Waals surface area contributed by atoms with Crippen LogP contribution in [0.15, 0.2) is 0 Å². The Balaban J connectivity index is 2.91. The summed E-state index contributed by atoms with van der Waals surface area (Å²) in [5.41, 5.74) is 1.41. The molecule has 4 radical (unpaired) electrons. The lowest BCUT2D eigenvalue weighted by Crippen LogP contribution is -2.08. The summed E-state index contributed by atoms with van der Waals surface area (Å²) < 4.78 is 5.41. The van der Waals surface area contributed by atoms with Gasteiger partial charge in [0.15, 0.2) is 0 Å². The standard InChI is InChI=1S/C6H14OSi2/c1-5(2)8-7-9-6(3)4/h5-6H,1-4H3. The van der Waals surface area contributed by atoms with Crippen molar-refractivity contribution in [3.05, 3.63) is 0 Å². The maximum Gasteiger partial charge on any atom is 0.217 e. The summed E-state index contributed by atoms with van der Waals surface area (Å²) in [7, 11) is 1.39. The lowest BCUT2D eigenvalue weighted by Gasteiger charge is -2.04. The molecule has 0 bridgehead atoms. The van der Waals surface area contributed by atoms with Crippen molar-refractivity contribution in [1.29, 1.82) is 0 Å². The molecule has 52 valence electrons. The van der Waals surface area contributed by atoms with E-state index in [2.05, 4.69) is 27.7 Å². The van der Waals surface area contributed by atoms with Gasteiger partial charge in [-0.3, -0.25) is 0 Å². The monoisotopic (exact) mass is 158 g/mol. The van der Waals surface area contributed by atoms with Crippen LogP contribution in [0.2, 0.25) is 11.1 Å². The maximum absolute atomic E-state index is 5.41. The van der Waals surface area contributed by atoms with Gasteiger partial charge in [0.25, 0.3) is 0 Å². The molecule has 0 aromatic heterocycles. The van der Waals surface area contributed by atoms with Gasteiger partial charge in [-0.15, -0.1) is 0 Å². The Morgan fingerprint density at radius 2 is 1.22 bits per heavy atom. The summed E-state index contributed by atoms with van der Waals surface area (Å²) in [5, 5.41) is 0. The minimum Gasteiger partial charge on any atom is -0.456 e. The molecule has 0 N–H and O–H groups in total. The smallest absolute Gasteiger partial charge is 0.217 e. The molecular weight excluding hydrogens is 144 g/mol. The first-order valence-electron chi connectivity index (χ1n) is 3.29. The van der Waals surface area contributed by atoms with Gasteiger partial charge in [0, 0.05) is 0 Å². The third-order valence-electron chi connectivity index (χ3n) is 0.589. The van der Waals surface area contributed by atoms with Crippen LogP contribution in [0.5, 0.6) is 0 Å². The van der Waals surface area contributed by atoms with Crippen molar-refractivity contribution in [3.8, 4) is 0 Å². The van der Waals surface area contributed by atoms with Gasteiger partial charge in [0.2, 0.25) is 19.5 Å². The molecule has 0 aliphatic carbocycles. The predicted octanol–water partition coefficient (Wildman–Crippen LogP) is 1.90. The van der Waals surface area contributed by atoms with E-state index in [-0.39, 0.29) is 0 Å². The summed E-state index contributed by atoms with van der Waals surface area (Å²) >= 11 is 0. The fourth-order valence-corrected chi connectivity index (χ4v) is 2.43. The zero-order valence-electron chi connectivity index (χ0n) is 6.56. The van der Waals surface area contributed by atoms with Crippen LogP contribution < -0.4 is 0 Å². The molecule has 9 heavy (non-hydrogen) atoms. The van der Waals surface area contributed by atoms with E-state index < -0.39 is 0 Å². The van der Waals surface area contributed by atoms with Crippen LogP contribution in [0.4, 0.5) is 0 Å². The molecule has 0 aliphatic rings. The molecule has 0 amide bonds. The van der Waals surface area contributed by atoms with E-state index in [1.807, 2.05) is 0 Å². The van der Waals surface area contributed by atoms with Crippen LogP contribution in [0.3, 0.4) is 0 Å². The van der Waals surface area contributed by atoms with Gasteiger partial charge < -0.3 is 4.12 Å². The van der Waals surface area contributed by atoms with Gasteiger partial charge in [-0.05, 0) is 11.1 Å². The second-order valence-corrected chi connectivity index (χ2v) is 6.24. The molecule has 0 atom stereocenters. The molecular formula is C6H14OSi2. The van der Waals surface area contributed by atoms with Crippen LogP contribution in [0, 0.1) is 0 Å². The third kappa shape index (κ3) is 8.39. The van der Waals surface area contributed by atoms with Crippen molar-refractivity contribution in [2.45, 2.75) is 38.8 Å². The SMILES string of the molecule is CC(C)[Si]O[Si]C(C)C. The van der Waals surface area contributed by atoms with Gasteiger partial charge in [-0.25, -0.2) is 0 Å². The normalized spacial score (nSPS) is 11.3. The van der Waals surface area contributed by atoms with Crippen LogP contribution in [0.25, 0.3) is 0 Å². The quantitative estimate of drug-likeness (QED) is 0.568. The second kappa shape index (κ2) is 5.20. The highest BCUT2D eigenvalue weighted by Gasteiger charge is 2.00. The zero-order valence-corrected chi connectivity index (χ0v) is 8.56. The molecule has 0 fully saturated rings. The van der Waals surface area contributed by atoms with E-state index in [0.29, 0.717) is 30.6 Å². The fraction of sp³-hybridized carbons (Fsp3) is 1.00. The molecule has 0 unspecified atom stereocenters. The Morgan fingerprint density at radius 3 is 1.44 bits per heavy atom. The number of hydrogen-bond acceptors (Lipinski definition) is 1. The average molecular weight is 158 g/mol.